The molecule has 0 bridgehead atoms. The maximum atomic E-state index is 12.7. The van der Waals surface area contributed by atoms with Crippen LogP contribution >= 0.6 is 19.4 Å². The minimum Gasteiger partial charge on any atom is -0.404 e. The first kappa shape index (κ1) is 21.8. The number of benzene rings is 1. The Kier molecular flexibility index (Phi) is 6.97. The Bertz CT molecular complexity index is 863. The number of carbonyl (C=O) groups excluding carboxylic acids is 2. The SMILES string of the molecule is CNC(=O)/C(C)=C\N(C=O)C1CCC(COP2(=O)OCc3cc(Cl)ccc3O2)O1. The smallest absolute Gasteiger partial charge is 0.404 e. The Balaban J connectivity index is 1.55. The van der Waals surface area contributed by atoms with Crippen LogP contribution in [-0.2, 0) is 34.5 Å². The molecule has 2 aliphatic heterocycles. The molecule has 3 unspecified atom stereocenters. The molecule has 1 saturated heterocycles. The fourth-order valence-corrected chi connectivity index (χ4v) is 4.41. The molecule has 11 heteroatoms. The van der Waals surface area contributed by atoms with E-state index in [9.17, 15) is 14.2 Å². The summed E-state index contributed by atoms with van der Waals surface area (Å²) in [6.07, 6.45) is 2.19. The molecule has 3 rings (SSSR count). The molecule has 1 aromatic rings. The van der Waals surface area contributed by atoms with Gasteiger partial charge >= 0.3 is 7.82 Å². The number of amides is 2. The number of halogens is 1. The fourth-order valence-electron chi connectivity index (χ4n) is 2.97. The van der Waals surface area contributed by atoms with E-state index >= 15 is 0 Å². The van der Waals surface area contributed by atoms with E-state index in [1.54, 1.807) is 25.1 Å². The van der Waals surface area contributed by atoms with Crippen LogP contribution in [0.15, 0.2) is 30.0 Å². The number of rotatable bonds is 7. The summed E-state index contributed by atoms with van der Waals surface area (Å²) in [6, 6.07) is 4.91. The van der Waals surface area contributed by atoms with Gasteiger partial charge in [-0.25, -0.2) is 4.57 Å². The van der Waals surface area contributed by atoms with Gasteiger partial charge in [0.15, 0.2) is 0 Å². The highest BCUT2D eigenvalue weighted by atomic mass is 35.5. The van der Waals surface area contributed by atoms with Gasteiger partial charge in [0, 0.05) is 29.4 Å². The number of ether oxygens (including phenoxy) is 1. The van der Waals surface area contributed by atoms with E-state index in [1.165, 1.54) is 18.1 Å². The average molecular weight is 445 g/mol. The highest BCUT2D eigenvalue weighted by Gasteiger charge is 2.37. The van der Waals surface area contributed by atoms with Crippen LogP contribution in [-0.4, -0.2) is 43.2 Å². The van der Waals surface area contributed by atoms with Crippen molar-refractivity contribution in [2.45, 2.75) is 38.7 Å². The number of fused-ring (bicyclic) bond motifs is 1. The van der Waals surface area contributed by atoms with Gasteiger partial charge in [0.1, 0.15) is 12.0 Å². The second-order valence-electron chi connectivity index (χ2n) is 6.59. The Hall–Kier alpha value is -1.90. The van der Waals surface area contributed by atoms with Gasteiger partial charge < -0.3 is 14.6 Å². The van der Waals surface area contributed by atoms with Crippen molar-refractivity contribution in [3.05, 3.63) is 40.6 Å². The Morgan fingerprint density at radius 1 is 1.45 bits per heavy atom. The molecular weight excluding hydrogens is 423 g/mol. The Morgan fingerprint density at radius 2 is 2.24 bits per heavy atom. The highest BCUT2D eigenvalue weighted by Crippen LogP contribution is 2.55. The minimum absolute atomic E-state index is 0.0262. The van der Waals surface area contributed by atoms with E-state index in [4.69, 9.17) is 29.9 Å². The summed E-state index contributed by atoms with van der Waals surface area (Å²) in [4.78, 5) is 24.3. The lowest BCUT2D eigenvalue weighted by atomic mass is 10.2. The lowest BCUT2D eigenvalue weighted by Gasteiger charge is -2.26. The Labute approximate surface area is 173 Å². The first-order valence-electron chi connectivity index (χ1n) is 8.99. The molecule has 9 nitrogen and oxygen atoms in total. The summed E-state index contributed by atoms with van der Waals surface area (Å²) < 4.78 is 34.6. The van der Waals surface area contributed by atoms with Gasteiger partial charge in [0.05, 0.1) is 19.3 Å². The van der Waals surface area contributed by atoms with Crippen LogP contribution in [0, 0.1) is 0 Å². The normalized spacial score (nSPS) is 26.4. The van der Waals surface area contributed by atoms with E-state index in [0.717, 1.165) is 0 Å². The summed E-state index contributed by atoms with van der Waals surface area (Å²) >= 11 is 5.92. The number of nitrogens with one attached hydrogen (secondary N) is 1. The van der Waals surface area contributed by atoms with E-state index < -0.39 is 20.2 Å². The molecule has 158 valence electrons. The molecule has 1 fully saturated rings. The zero-order valence-corrected chi connectivity index (χ0v) is 17.7. The van der Waals surface area contributed by atoms with E-state index in [-0.39, 0.29) is 19.1 Å². The Morgan fingerprint density at radius 3 is 2.97 bits per heavy atom. The molecule has 0 aromatic heterocycles. The topological polar surface area (TPSA) is 103 Å². The molecule has 29 heavy (non-hydrogen) atoms. The van der Waals surface area contributed by atoms with Crippen LogP contribution in [0.4, 0.5) is 0 Å². The van der Waals surface area contributed by atoms with Crippen LogP contribution in [0.2, 0.25) is 5.02 Å². The van der Waals surface area contributed by atoms with Crippen LogP contribution in [0.3, 0.4) is 0 Å². The monoisotopic (exact) mass is 444 g/mol. The molecule has 3 atom stereocenters. The number of carbonyl (C=O) groups is 2. The fraction of sp³-hybridized carbons (Fsp3) is 0.444. The van der Waals surface area contributed by atoms with Gasteiger partial charge in [-0.05, 0) is 38.0 Å². The number of phosphoric ester groups is 1. The third-order valence-corrected chi connectivity index (χ3v) is 6.06. The van der Waals surface area contributed by atoms with Crippen molar-refractivity contribution < 1.29 is 32.5 Å². The third-order valence-electron chi connectivity index (χ3n) is 4.50. The first-order valence-corrected chi connectivity index (χ1v) is 10.8. The molecular formula is C18H22ClN2O7P. The number of nitrogens with zero attached hydrogens (tertiary/aromatic N) is 1. The molecule has 1 aromatic carbocycles. The number of likely N-dealkylation sites (N-methyl/N-ethyl adjacent to an activating group) is 1. The molecule has 2 amide bonds. The number of hydrogen-bond donors (Lipinski definition) is 1. The van der Waals surface area contributed by atoms with E-state index in [2.05, 4.69) is 5.32 Å². The summed E-state index contributed by atoms with van der Waals surface area (Å²) in [7, 11) is -2.27. The van der Waals surface area contributed by atoms with E-state index in [1.807, 2.05) is 0 Å². The van der Waals surface area contributed by atoms with Gasteiger partial charge in [0.2, 0.25) is 12.3 Å². The molecule has 1 N–H and O–H groups in total. The summed E-state index contributed by atoms with van der Waals surface area (Å²) in [5, 5.41) is 3.01. The van der Waals surface area contributed by atoms with E-state index in [0.29, 0.717) is 41.2 Å². The maximum Gasteiger partial charge on any atom is 0.530 e. The average Bonchev–Trinajstić information content (AvgIpc) is 3.19. The molecule has 2 aliphatic rings. The number of phosphoric acid groups is 1. The zero-order chi connectivity index (χ0) is 21.0. The van der Waals surface area contributed by atoms with Crippen LogP contribution in [0.5, 0.6) is 5.75 Å². The molecule has 0 saturated carbocycles. The summed E-state index contributed by atoms with van der Waals surface area (Å²) in [5.74, 6) is 0.108. The van der Waals surface area contributed by atoms with Gasteiger partial charge in [0.25, 0.3) is 0 Å². The standard InChI is InChI=1S/C18H22ClN2O7P/c1-12(18(23)20-2)8-21(11-22)17-6-4-15(27-17)10-26-29(24)25-9-13-7-14(19)3-5-16(13)28-29/h3,5,7-8,11,15,17H,4,6,9-10H2,1-2H3,(H,20,23)/b12-8-. The van der Waals surface area contributed by atoms with Crippen LogP contribution in [0.1, 0.15) is 25.3 Å². The van der Waals surface area contributed by atoms with Crippen LogP contribution in [0.25, 0.3) is 0 Å². The third kappa shape index (κ3) is 5.38. The number of hydrogen-bond acceptors (Lipinski definition) is 7. The molecule has 0 aliphatic carbocycles. The molecule has 0 radical (unpaired) electrons. The lowest BCUT2D eigenvalue weighted by molar-refractivity contribution is -0.127. The van der Waals surface area contributed by atoms with Crippen LogP contribution < -0.4 is 9.84 Å². The van der Waals surface area contributed by atoms with Gasteiger partial charge in [-0.3, -0.25) is 23.5 Å². The predicted octanol–water partition coefficient (Wildman–Crippen LogP) is 2.99. The highest BCUT2D eigenvalue weighted by molar-refractivity contribution is 7.49. The minimum atomic E-state index is -3.77. The van der Waals surface area contributed by atoms with Crippen molar-refractivity contribution in [2.24, 2.45) is 0 Å². The summed E-state index contributed by atoms with van der Waals surface area (Å²) in [6.45, 7) is 1.63. The maximum absolute atomic E-state index is 12.7. The van der Waals surface area contributed by atoms with Gasteiger partial charge in [-0.15, -0.1) is 0 Å². The van der Waals surface area contributed by atoms with Gasteiger partial charge in [-0.1, -0.05) is 11.6 Å². The van der Waals surface area contributed by atoms with Crippen molar-refractivity contribution in [1.82, 2.24) is 10.2 Å². The second kappa shape index (κ2) is 9.28. The quantitative estimate of drug-likeness (QED) is 0.391. The molecule has 0 spiro atoms. The van der Waals surface area contributed by atoms with Gasteiger partial charge in [-0.2, -0.15) is 0 Å². The van der Waals surface area contributed by atoms with Crippen molar-refractivity contribution in [3.63, 3.8) is 0 Å². The van der Waals surface area contributed by atoms with Crippen molar-refractivity contribution >= 4 is 31.7 Å². The van der Waals surface area contributed by atoms with Crippen molar-refractivity contribution in [1.29, 1.82) is 0 Å². The molecule has 2 heterocycles. The lowest BCUT2D eigenvalue weighted by Crippen LogP contribution is -2.32. The first-order chi connectivity index (χ1) is 13.8. The van der Waals surface area contributed by atoms with Crippen molar-refractivity contribution in [3.8, 4) is 5.75 Å². The zero-order valence-electron chi connectivity index (χ0n) is 16.0. The summed E-state index contributed by atoms with van der Waals surface area (Å²) in [5.41, 5.74) is 1.06. The van der Waals surface area contributed by atoms with Crippen molar-refractivity contribution in [2.75, 3.05) is 13.7 Å². The second-order valence-corrected chi connectivity index (χ2v) is 8.62. The largest absolute Gasteiger partial charge is 0.530 e. The predicted molar refractivity (Wildman–Crippen MR) is 104 cm³/mol.